The van der Waals surface area contributed by atoms with Crippen molar-refractivity contribution in [2.75, 3.05) is 0 Å². The molecular formula is C38H16Cl2O3. The maximum atomic E-state index is 6.42. The maximum Gasteiger partial charge on any atom is 0.184 e. The monoisotopic (exact) mass is 590 g/mol. The molecule has 0 aliphatic heterocycles. The summed E-state index contributed by atoms with van der Waals surface area (Å²) in [5.74, 6) is 30.4. The van der Waals surface area contributed by atoms with E-state index in [9.17, 15) is 0 Å². The molecule has 0 amide bonds. The standard InChI is InChI=1S/C38H16Cl2O3/c1-4-7-10-11-12-13-14-15-23-41-34-18-16-17-30(24-34)35-25-33(29-40)36(26-32(35)28-39)31-19-20-37(42-21-8-5-2)38(27-31)43-22-9-6-3/h1-3,16-20,24-27H,28-29H2. The van der Waals surface area contributed by atoms with E-state index in [1.54, 1.807) is 18.2 Å². The van der Waals surface area contributed by atoms with Crippen LogP contribution in [0.2, 0.25) is 0 Å². The molecule has 0 unspecified atom stereocenters. The van der Waals surface area contributed by atoms with Crippen LogP contribution in [-0.2, 0) is 11.8 Å². The van der Waals surface area contributed by atoms with Crippen LogP contribution in [-0.4, -0.2) is 0 Å². The summed E-state index contributed by atoms with van der Waals surface area (Å²) in [5, 5.41) is 0. The molecule has 0 saturated carbocycles. The second-order valence-electron chi connectivity index (χ2n) is 7.79. The van der Waals surface area contributed by atoms with Gasteiger partial charge in [0.15, 0.2) is 11.5 Å². The summed E-state index contributed by atoms with van der Waals surface area (Å²) in [6, 6.07) is 16.6. The van der Waals surface area contributed by atoms with Gasteiger partial charge in [0, 0.05) is 47.3 Å². The largest absolute Gasteiger partial charge is 0.407 e. The van der Waals surface area contributed by atoms with Crippen molar-refractivity contribution in [1.29, 1.82) is 0 Å². The molecule has 0 aliphatic rings. The molecule has 3 aromatic carbocycles. The molecule has 3 rings (SSSR count). The molecular weight excluding hydrogens is 575 g/mol. The van der Waals surface area contributed by atoms with Crippen LogP contribution in [0.1, 0.15) is 11.1 Å². The van der Waals surface area contributed by atoms with Gasteiger partial charge in [-0.25, -0.2) is 0 Å². The fraction of sp³-hybridized carbons (Fsp3) is 0.0526. The van der Waals surface area contributed by atoms with Crippen molar-refractivity contribution < 1.29 is 14.2 Å². The SMILES string of the molecule is C#CC#CC#CC#CC#COc1cccc(-c2cc(CCl)c(-c3ccc(OC#CC#C)c(OC#CC#C)c3)cc2CCl)c1. The second kappa shape index (κ2) is 17.4. The number of hydrogen-bond donors (Lipinski definition) is 0. The fourth-order valence-electron chi connectivity index (χ4n) is 3.54. The van der Waals surface area contributed by atoms with Gasteiger partial charge in [-0.1, -0.05) is 18.2 Å². The number of hydrogen-bond acceptors (Lipinski definition) is 3. The Morgan fingerprint density at radius 3 is 1.65 bits per heavy atom. The Morgan fingerprint density at radius 2 is 1.05 bits per heavy atom. The second-order valence-corrected chi connectivity index (χ2v) is 8.33. The summed E-state index contributed by atoms with van der Waals surface area (Å²) in [4.78, 5) is 0. The zero-order chi connectivity index (χ0) is 30.7. The Hall–Kier alpha value is -6.32. The summed E-state index contributed by atoms with van der Waals surface area (Å²) in [7, 11) is 0. The lowest BCUT2D eigenvalue weighted by atomic mass is 9.91. The molecule has 0 N–H and O–H groups in total. The van der Waals surface area contributed by atoms with Gasteiger partial charge in [0.25, 0.3) is 0 Å². The third-order valence-corrected chi connectivity index (χ3v) is 5.83. The average Bonchev–Trinajstić information content (AvgIpc) is 3.04. The Bertz CT molecular complexity index is 2050. The zero-order valence-electron chi connectivity index (χ0n) is 22.3. The van der Waals surface area contributed by atoms with Crippen LogP contribution in [0.5, 0.6) is 17.2 Å². The lowest BCUT2D eigenvalue weighted by Gasteiger charge is -2.16. The van der Waals surface area contributed by atoms with E-state index < -0.39 is 0 Å². The Balaban J connectivity index is 1.97. The maximum absolute atomic E-state index is 6.42. The van der Waals surface area contributed by atoms with Gasteiger partial charge >= 0.3 is 0 Å². The molecule has 3 aromatic rings. The number of terminal acetylenes is 3. The number of ether oxygens (including phenoxy) is 3. The highest BCUT2D eigenvalue weighted by Gasteiger charge is 2.15. The predicted octanol–water partition coefficient (Wildman–Crippen LogP) is 6.43. The first-order valence-corrected chi connectivity index (χ1v) is 13.1. The summed E-state index contributed by atoms with van der Waals surface area (Å²) >= 11 is 12.8. The van der Waals surface area contributed by atoms with Gasteiger partial charge in [-0.05, 0) is 105 Å². The Kier molecular flexibility index (Phi) is 12.6. The summed E-state index contributed by atoms with van der Waals surface area (Å²) in [6.45, 7) is 0. The average molecular weight is 591 g/mol. The van der Waals surface area contributed by atoms with Crippen LogP contribution in [0.3, 0.4) is 0 Å². The van der Waals surface area contributed by atoms with Crippen LogP contribution in [0.4, 0.5) is 0 Å². The van der Waals surface area contributed by atoms with Crippen LogP contribution < -0.4 is 14.2 Å². The van der Waals surface area contributed by atoms with Crippen molar-refractivity contribution in [3.63, 3.8) is 0 Å². The highest BCUT2D eigenvalue weighted by atomic mass is 35.5. The van der Waals surface area contributed by atoms with Gasteiger partial charge < -0.3 is 14.2 Å². The summed E-state index contributed by atoms with van der Waals surface area (Å²) in [5.41, 5.74) is 5.08. The minimum absolute atomic E-state index is 0.224. The normalized spacial score (nSPS) is 8.16. The molecule has 0 aromatic heterocycles. The molecule has 0 bridgehead atoms. The van der Waals surface area contributed by atoms with E-state index in [-0.39, 0.29) is 11.8 Å². The van der Waals surface area contributed by atoms with Crippen molar-refractivity contribution in [2.45, 2.75) is 11.8 Å². The summed E-state index contributed by atoms with van der Waals surface area (Å²) < 4.78 is 16.5. The van der Waals surface area contributed by atoms with E-state index in [1.807, 2.05) is 36.4 Å². The quantitative estimate of drug-likeness (QED) is 0.234. The molecule has 0 fully saturated rings. The topological polar surface area (TPSA) is 27.7 Å². The molecule has 0 spiro atoms. The molecule has 0 radical (unpaired) electrons. The third kappa shape index (κ3) is 9.38. The first-order chi connectivity index (χ1) is 21.1. The molecule has 0 heterocycles. The van der Waals surface area contributed by atoms with Gasteiger partial charge in [0.2, 0.25) is 0 Å². The minimum Gasteiger partial charge on any atom is -0.407 e. The van der Waals surface area contributed by atoms with Gasteiger partial charge in [-0.2, -0.15) is 0 Å². The van der Waals surface area contributed by atoms with Gasteiger partial charge in [-0.3, -0.25) is 0 Å². The van der Waals surface area contributed by atoms with E-state index in [1.165, 1.54) is 0 Å². The number of alkyl halides is 2. The third-order valence-electron chi connectivity index (χ3n) is 5.25. The molecule has 43 heavy (non-hydrogen) atoms. The molecule has 0 aliphatic carbocycles. The van der Waals surface area contributed by atoms with Crippen molar-refractivity contribution in [3.05, 3.63) is 65.7 Å². The Morgan fingerprint density at radius 1 is 0.512 bits per heavy atom. The lowest BCUT2D eigenvalue weighted by Crippen LogP contribution is -1.96. The fourth-order valence-corrected chi connectivity index (χ4v) is 3.98. The van der Waals surface area contributed by atoms with Gasteiger partial charge in [0.1, 0.15) is 24.1 Å². The number of rotatable bonds is 7. The van der Waals surface area contributed by atoms with E-state index in [2.05, 4.69) is 89.4 Å². The van der Waals surface area contributed by atoms with E-state index in [0.717, 1.165) is 33.4 Å². The van der Waals surface area contributed by atoms with Crippen molar-refractivity contribution in [2.24, 2.45) is 0 Å². The number of halogens is 2. The first kappa shape index (κ1) is 31.2. The molecule has 0 atom stereocenters. The zero-order valence-corrected chi connectivity index (χ0v) is 23.8. The molecule has 5 heteroatoms. The van der Waals surface area contributed by atoms with Gasteiger partial charge in [0.05, 0.1) is 0 Å². The van der Waals surface area contributed by atoms with E-state index in [4.69, 9.17) is 56.7 Å². The molecule has 3 nitrogen and oxygen atoms in total. The lowest BCUT2D eigenvalue weighted by molar-refractivity contribution is 0.452. The van der Waals surface area contributed by atoms with Gasteiger partial charge in [-0.15, -0.1) is 42.5 Å². The van der Waals surface area contributed by atoms with Crippen LogP contribution >= 0.6 is 23.2 Å². The summed E-state index contributed by atoms with van der Waals surface area (Å²) in [6.07, 6.45) is 22.8. The van der Waals surface area contributed by atoms with Crippen molar-refractivity contribution in [3.8, 4) is 148 Å². The van der Waals surface area contributed by atoms with E-state index >= 15 is 0 Å². The number of benzene rings is 3. The molecule has 0 saturated heterocycles. The van der Waals surface area contributed by atoms with E-state index in [0.29, 0.717) is 17.2 Å². The van der Waals surface area contributed by atoms with Crippen LogP contribution in [0.25, 0.3) is 22.3 Å². The van der Waals surface area contributed by atoms with Crippen molar-refractivity contribution >= 4 is 23.2 Å². The predicted molar refractivity (Wildman–Crippen MR) is 171 cm³/mol. The minimum atomic E-state index is 0.224. The first-order valence-electron chi connectivity index (χ1n) is 12.0. The smallest absolute Gasteiger partial charge is 0.184 e. The van der Waals surface area contributed by atoms with Crippen LogP contribution in [0.15, 0.2) is 54.6 Å². The van der Waals surface area contributed by atoms with Crippen LogP contribution in [0, 0.1) is 109 Å². The van der Waals surface area contributed by atoms with Crippen molar-refractivity contribution in [1.82, 2.24) is 0 Å². The highest BCUT2D eigenvalue weighted by molar-refractivity contribution is 6.18. The molecule has 200 valence electrons. The Labute approximate surface area is 262 Å². The highest BCUT2D eigenvalue weighted by Crippen LogP contribution is 2.38.